The average molecular weight is 372 g/mol. The smallest absolute Gasteiger partial charge is 0.251 e. The van der Waals surface area contributed by atoms with E-state index in [4.69, 9.17) is 9.47 Å². The van der Waals surface area contributed by atoms with Crippen LogP contribution in [0.1, 0.15) is 29.8 Å². The summed E-state index contributed by atoms with van der Waals surface area (Å²) in [6.45, 7) is 6.22. The third kappa shape index (κ3) is 5.64. The van der Waals surface area contributed by atoms with E-state index in [1.54, 1.807) is 36.4 Å². The van der Waals surface area contributed by atoms with Gasteiger partial charge in [0.1, 0.15) is 5.75 Å². The summed E-state index contributed by atoms with van der Waals surface area (Å²) in [7, 11) is 0. The molecule has 27 heavy (non-hydrogen) atoms. The lowest BCUT2D eigenvalue weighted by molar-refractivity contribution is -0.115. The third-order valence-corrected chi connectivity index (χ3v) is 3.64. The normalized spacial score (nSPS) is 10.2. The second-order valence-corrected chi connectivity index (χ2v) is 5.78. The minimum atomic E-state index is -0.446. The van der Waals surface area contributed by atoms with E-state index in [0.29, 0.717) is 36.0 Å². The zero-order chi connectivity index (χ0) is 19.8. The zero-order valence-corrected chi connectivity index (χ0v) is 15.7. The zero-order valence-electron chi connectivity index (χ0n) is 15.7. The molecule has 0 aliphatic rings. The molecule has 0 aliphatic carbocycles. The molecule has 0 fully saturated rings. The highest BCUT2D eigenvalue weighted by molar-refractivity contribution is 6.00. The first kappa shape index (κ1) is 20.1. The second kappa shape index (κ2) is 9.47. The van der Waals surface area contributed by atoms with E-state index in [2.05, 4.69) is 10.6 Å². The van der Waals surface area contributed by atoms with E-state index in [-0.39, 0.29) is 12.3 Å². The first-order valence-corrected chi connectivity index (χ1v) is 8.71. The fraction of sp³-hybridized carbons (Fsp3) is 0.300. The van der Waals surface area contributed by atoms with Gasteiger partial charge in [0, 0.05) is 5.56 Å². The molecule has 144 valence electrons. The van der Waals surface area contributed by atoms with Crippen molar-refractivity contribution in [3.63, 3.8) is 0 Å². The number of amides is 2. The molecule has 0 spiro atoms. The van der Waals surface area contributed by atoms with Gasteiger partial charge in [0.05, 0.1) is 25.4 Å². The van der Waals surface area contributed by atoms with Crippen LogP contribution in [0.25, 0.3) is 0 Å². The van der Waals surface area contributed by atoms with Crippen LogP contribution in [0.5, 0.6) is 17.2 Å². The summed E-state index contributed by atoms with van der Waals surface area (Å²) < 4.78 is 11.0. The lowest BCUT2D eigenvalue weighted by Crippen LogP contribution is -2.32. The predicted molar refractivity (Wildman–Crippen MR) is 103 cm³/mol. The van der Waals surface area contributed by atoms with Gasteiger partial charge in [-0.05, 0) is 56.7 Å². The number of benzene rings is 2. The number of ether oxygens (including phenoxy) is 2. The van der Waals surface area contributed by atoms with Gasteiger partial charge in [-0.3, -0.25) is 9.59 Å². The number of anilines is 1. The molecule has 0 aromatic heterocycles. The highest BCUT2D eigenvalue weighted by Crippen LogP contribution is 2.28. The van der Waals surface area contributed by atoms with E-state index >= 15 is 0 Å². The Hall–Kier alpha value is -3.22. The summed E-state index contributed by atoms with van der Waals surface area (Å²) in [6, 6.07) is 9.76. The highest BCUT2D eigenvalue weighted by atomic mass is 16.5. The van der Waals surface area contributed by atoms with Crippen LogP contribution in [-0.2, 0) is 4.79 Å². The average Bonchev–Trinajstić information content (AvgIpc) is 2.64. The first-order chi connectivity index (χ1) is 12.9. The van der Waals surface area contributed by atoms with Crippen molar-refractivity contribution in [2.45, 2.75) is 20.8 Å². The second-order valence-electron chi connectivity index (χ2n) is 5.78. The Morgan fingerprint density at radius 2 is 1.70 bits per heavy atom. The van der Waals surface area contributed by atoms with Crippen molar-refractivity contribution in [1.29, 1.82) is 0 Å². The van der Waals surface area contributed by atoms with E-state index in [9.17, 15) is 14.7 Å². The molecule has 0 atom stereocenters. The predicted octanol–water partition coefficient (Wildman–Crippen LogP) is 2.87. The van der Waals surface area contributed by atoms with Crippen molar-refractivity contribution in [2.75, 3.05) is 25.1 Å². The Bertz CT molecular complexity index is 820. The van der Waals surface area contributed by atoms with Crippen molar-refractivity contribution in [3.05, 3.63) is 47.5 Å². The SMILES string of the molecule is CCOc1ccc(C(=O)NCC(=O)Nc2ccc(C)cc2O)cc1OCC. The van der Waals surface area contributed by atoms with Crippen LogP contribution in [0.3, 0.4) is 0 Å². The number of hydrogen-bond donors (Lipinski definition) is 3. The van der Waals surface area contributed by atoms with E-state index in [1.165, 1.54) is 0 Å². The summed E-state index contributed by atoms with van der Waals surface area (Å²) in [5.74, 6) is 0.146. The van der Waals surface area contributed by atoms with Crippen molar-refractivity contribution >= 4 is 17.5 Å². The quantitative estimate of drug-likeness (QED) is 0.619. The minimum absolute atomic E-state index is 0.0254. The molecular formula is C20H24N2O5. The largest absolute Gasteiger partial charge is 0.506 e. The molecule has 0 heterocycles. The number of aryl methyl sites for hydroxylation is 1. The Balaban J connectivity index is 1.98. The molecule has 0 saturated heterocycles. The number of nitrogens with one attached hydrogen (secondary N) is 2. The van der Waals surface area contributed by atoms with Crippen LogP contribution in [0.15, 0.2) is 36.4 Å². The molecule has 0 saturated carbocycles. The molecule has 3 N–H and O–H groups in total. The minimum Gasteiger partial charge on any atom is -0.506 e. The Morgan fingerprint density at radius 3 is 2.37 bits per heavy atom. The summed E-state index contributed by atoms with van der Waals surface area (Å²) in [5, 5.41) is 14.9. The van der Waals surface area contributed by atoms with E-state index in [1.807, 2.05) is 20.8 Å². The van der Waals surface area contributed by atoms with E-state index in [0.717, 1.165) is 5.56 Å². The number of aromatic hydroxyl groups is 1. The molecule has 0 radical (unpaired) electrons. The number of carbonyl (C=O) groups excluding carboxylic acids is 2. The molecule has 7 nitrogen and oxygen atoms in total. The van der Waals surface area contributed by atoms with Gasteiger partial charge in [-0.2, -0.15) is 0 Å². The molecular weight excluding hydrogens is 348 g/mol. The van der Waals surface area contributed by atoms with Crippen molar-refractivity contribution in [2.24, 2.45) is 0 Å². The lowest BCUT2D eigenvalue weighted by Gasteiger charge is -2.12. The van der Waals surface area contributed by atoms with Gasteiger partial charge in [-0.1, -0.05) is 6.07 Å². The fourth-order valence-electron chi connectivity index (χ4n) is 2.40. The van der Waals surface area contributed by atoms with Crippen LogP contribution < -0.4 is 20.1 Å². The Labute approximate surface area is 158 Å². The molecule has 0 bridgehead atoms. The van der Waals surface area contributed by atoms with Gasteiger partial charge in [-0.25, -0.2) is 0 Å². The standard InChI is InChI=1S/C20H24N2O5/c1-4-26-17-9-7-14(11-18(17)27-5-2)20(25)21-12-19(24)22-15-8-6-13(3)10-16(15)23/h6-11,23H,4-5,12H2,1-3H3,(H,21,25)(H,22,24). The van der Waals surface area contributed by atoms with Gasteiger partial charge < -0.3 is 25.2 Å². The van der Waals surface area contributed by atoms with Gasteiger partial charge in [0.15, 0.2) is 11.5 Å². The summed E-state index contributed by atoms with van der Waals surface area (Å²) in [4.78, 5) is 24.3. The van der Waals surface area contributed by atoms with Crippen LogP contribution in [-0.4, -0.2) is 36.7 Å². The van der Waals surface area contributed by atoms with Gasteiger partial charge in [-0.15, -0.1) is 0 Å². The maximum absolute atomic E-state index is 12.3. The van der Waals surface area contributed by atoms with Crippen molar-refractivity contribution in [1.82, 2.24) is 5.32 Å². The van der Waals surface area contributed by atoms with Gasteiger partial charge >= 0.3 is 0 Å². The van der Waals surface area contributed by atoms with Crippen LogP contribution in [0.4, 0.5) is 5.69 Å². The monoisotopic (exact) mass is 372 g/mol. The van der Waals surface area contributed by atoms with Crippen molar-refractivity contribution < 1.29 is 24.2 Å². The van der Waals surface area contributed by atoms with Gasteiger partial charge in [0.2, 0.25) is 5.91 Å². The fourth-order valence-corrected chi connectivity index (χ4v) is 2.40. The molecule has 2 aromatic rings. The molecule has 2 aromatic carbocycles. The molecule has 0 unspecified atom stereocenters. The number of carbonyl (C=O) groups is 2. The number of hydrogen-bond acceptors (Lipinski definition) is 5. The van der Waals surface area contributed by atoms with Crippen LogP contribution >= 0.6 is 0 Å². The molecule has 2 amide bonds. The Morgan fingerprint density at radius 1 is 1.00 bits per heavy atom. The maximum Gasteiger partial charge on any atom is 0.251 e. The van der Waals surface area contributed by atoms with Crippen LogP contribution in [0.2, 0.25) is 0 Å². The number of phenolic OH excluding ortho intramolecular Hbond substituents is 1. The Kier molecular flexibility index (Phi) is 7.05. The van der Waals surface area contributed by atoms with Crippen LogP contribution in [0, 0.1) is 6.92 Å². The highest BCUT2D eigenvalue weighted by Gasteiger charge is 2.13. The summed E-state index contributed by atoms with van der Waals surface area (Å²) in [6.07, 6.45) is 0. The summed E-state index contributed by atoms with van der Waals surface area (Å²) >= 11 is 0. The van der Waals surface area contributed by atoms with E-state index < -0.39 is 11.8 Å². The van der Waals surface area contributed by atoms with Gasteiger partial charge in [0.25, 0.3) is 5.91 Å². The summed E-state index contributed by atoms with van der Waals surface area (Å²) in [5.41, 5.74) is 1.52. The topological polar surface area (TPSA) is 96.9 Å². The third-order valence-electron chi connectivity index (χ3n) is 3.64. The van der Waals surface area contributed by atoms with Crippen molar-refractivity contribution in [3.8, 4) is 17.2 Å². The number of rotatable bonds is 8. The lowest BCUT2D eigenvalue weighted by atomic mass is 10.2. The molecule has 7 heteroatoms. The molecule has 0 aliphatic heterocycles. The first-order valence-electron chi connectivity index (χ1n) is 8.71. The molecule has 2 rings (SSSR count). The maximum atomic E-state index is 12.3. The number of phenols is 1.